The van der Waals surface area contributed by atoms with Gasteiger partial charge in [0.1, 0.15) is 11.8 Å². The van der Waals surface area contributed by atoms with E-state index in [0.29, 0.717) is 6.42 Å². The van der Waals surface area contributed by atoms with Crippen LogP contribution in [0.1, 0.15) is 12.5 Å². The van der Waals surface area contributed by atoms with Crippen molar-refractivity contribution in [3.8, 4) is 0 Å². The number of alkyl halides is 1. The van der Waals surface area contributed by atoms with Crippen molar-refractivity contribution < 1.29 is 8.78 Å². The van der Waals surface area contributed by atoms with Gasteiger partial charge in [-0.05, 0) is 6.07 Å². The standard InChI is InChI=1S/C11H7ClF2N2O/c12-10-7(14)3-5-9(17)1-2-16(11(5)15-10)8-4-6(8)13/h1-3,6,8H,4H2/t6-,8+/m0/s1. The average molecular weight is 257 g/mol. The van der Waals surface area contributed by atoms with E-state index in [4.69, 9.17) is 11.6 Å². The van der Waals surface area contributed by atoms with Gasteiger partial charge in [-0.25, -0.2) is 13.8 Å². The quantitative estimate of drug-likeness (QED) is 0.735. The molecule has 88 valence electrons. The maximum absolute atomic E-state index is 13.2. The first-order valence-corrected chi connectivity index (χ1v) is 5.46. The maximum atomic E-state index is 13.2. The van der Waals surface area contributed by atoms with Crippen LogP contribution in [0.5, 0.6) is 0 Å². The fourth-order valence-electron chi connectivity index (χ4n) is 1.85. The molecule has 2 aromatic heterocycles. The van der Waals surface area contributed by atoms with Crippen molar-refractivity contribution in [1.82, 2.24) is 9.55 Å². The van der Waals surface area contributed by atoms with Gasteiger partial charge < -0.3 is 4.57 Å². The van der Waals surface area contributed by atoms with Gasteiger partial charge in [0.15, 0.2) is 16.4 Å². The second kappa shape index (κ2) is 3.50. The van der Waals surface area contributed by atoms with E-state index in [1.54, 1.807) is 0 Å². The fourth-order valence-corrected chi connectivity index (χ4v) is 1.99. The lowest BCUT2D eigenvalue weighted by Crippen LogP contribution is -2.10. The molecule has 1 aliphatic carbocycles. The van der Waals surface area contributed by atoms with Gasteiger partial charge in [0, 0.05) is 18.7 Å². The molecule has 17 heavy (non-hydrogen) atoms. The van der Waals surface area contributed by atoms with Gasteiger partial charge in [-0.1, -0.05) is 11.6 Å². The van der Waals surface area contributed by atoms with E-state index in [2.05, 4.69) is 4.98 Å². The summed E-state index contributed by atoms with van der Waals surface area (Å²) in [4.78, 5) is 15.4. The van der Waals surface area contributed by atoms with E-state index in [0.717, 1.165) is 6.07 Å². The Morgan fingerprint density at radius 3 is 2.88 bits per heavy atom. The number of hydrogen-bond donors (Lipinski definition) is 0. The number of pyridine rings is 2. The third kappa shape index (κ3) is 1.61. The Labute approximate surface area is 99.6 Å². The molecular weight excluding hydrogens is 250 g/mol. The summed E-state index contributed by atoms with van der Waals surface area (Å²) in [5, 5.41) is -0.193. The van der Waals surface area contributed by atoms with Crippen LogP contribution in [0.25, 0.3) is 11.0 Å². The molecule has 0 N–H and O–H groups in total. The number of halogens is 3. The minimum atomic E-state index is -0.939. The molecule has 2 atom stereocenters. The normalized spacial score (nSPS) is 23.0. The van der Waals surface area contributed by atoms with Gasteiger partial charge in [0.25, 0.3) is 0 Å². The SMILES string of the molecule is O=c1ccn([C@@H]2C[C@@H]2F)c2nc(Cl)c(F)cc12. The lowest BCUT2D eigenvalue weighted by atomic mass is 10.2. The van der Waals surface area contributed by atoms with Crippen molar-refractivity contribution in [2.75, 3.05) is 0 Å². The zero-order chi connectivity index (χ0) is 12.2. The van der Waals surface area contributed by atoms with Crippen LogP contribution in [0.2, 0.25) is 5.15 Å². The summed E-state index contributed by atoms with van der Waals surface area (Å²) in [5.41, 5.74) is -0.121. The number of nitrogens with zero attached hydrogens (tertiary/aromatic N) is 2. The highest BCUT2D eigenvalue weighted by Crippen LogP contribution is 2.40. The molecule has 0 aromatic carbocycles. The van der Waals surface area contributed by atoms with Gasteiger partial charge in [-0.15, -0.1) is 0 Å². The summed E-state index contributed by atoms with van der Waals surface area (Å²) >= 11 is 5.58. The first kappa shape index (κ1) is 10.7. The summed E-state index contributed by atoms with van der Waals surface area (Å²) in [6.07, 6.45) is 0.913. The van der Waals surface area contributed by atoms with Crippen molar-refractivity contribution in [3.63, 3.8) is 0 Å². The van der Waals surface area contributed by atoms with Gasteiger partial charge in [-0.2, -0.15) is 0 Å². The number of rotatable bonds is 1. The lowest BCUT2D eigenvalue weighted by molar-refractivity contribution is 0.443. The van der Waals surface area contributed by atoms with Crippen molar-refractivity contribution in [2.24, 2.45) is 0 Å². The van der Waals surface area contributed by atoms with Crippen molar-refractivity contribution in [1.29, 1.82) is 0 Å². The monoisotopic (exact) mass is 256 g/mol. The van der Waals surface area contributed by atoms with Crippen LogP contribution >= 0.6 is 11.6 Å². The first-order chi connectivity index (χ1) is 8.08. The lowest BCUT2D eigenvalue weighted by Gasteiger charge is -2.08. The van der Waals surface area contributed by atoms with Crippen LogP contribution in [0.15, 0.2) is 23.1 Å². The molecule has 3 nitrogen and oxygen atoms in total. The van der Waals surface area contributed by atoms with Crippen molar-refractivity contribution in [3.05, 3.63) is 39.5 Å². The predicted molar refractivity (Wildman–Crippen MR) is 59.5 cm³/mol. The molecule has 3 rings (SSSR count). The summed E-state index contributed by atoms with van der Waals surface area (Å²) in [6.45, 7) is 0. The average Bonchev–Trinajstić information content (AvgIpc) is 2.99. The highest BCUT2D eigenvalue weighted by molar-refractivity contribution is 6.29. The summed E-state index contributed by atoms with van der Waals surface area (Å²) in [5.74, 6) is -0.749. The maximum Gasteiger partial charge on any atom is 0.191 e. The Bertz CT molecular complexity index is 670. The Kier molecular flexibility index (Phi) is 2.19. The van der Waals surface area contributed by atoms with Crippen molar-refractivity contribution >= 4 is 22.6 Å². The molecule has 1 aliphatic rings. The number of hydrogen-bond acceptors (Lipinski definition) is 2. The van der Waals surface area contributed by atoms with Gasteiger partial charge in [0.05, 0.1) is 11.4 Å². The van der Waals surface area contributed by atoms with E-state index in [9.17, 15) is 13.6 Å². The zero-order valence-corrected chi connectivity index (χ0v) is 9.29. The van der Waals surface area contributed by atoms with Gasteiger partial charge >= 0.3 is 0 Å². The molecule has 6 heteroatoms. The Morgan fingerprint density at radius 1 is 1.53 bits per heavy atom. The highest BCUT2D eigenvalue weighted by Gasteiger charge is 2.39. The minimum Gasteiger partial charge on any atom is -0.326 e. The van der Waals surface area contributed by atoms with E-state index >= 15 is 0 Å². The van der Waals surface area contributed by atoms with Crippen LogP contribution in [0, 0.1) is 5.82 Å². The molecule has 0 amide bonds. The smallest absolute Gasteiger partial charge is 0.191 e. The molecule has 0 unspecified atom stereocenters. The highest BCUT2D eigenvalue weighted by atomic mass is 35.5. The molecule has 2 aromatic rings. The third-order valence-corrected chi connectivity index (χ3v) is 3.11. The largest absolute Gasteiger partial charge is 0.326 e. The summed E-state index contributed by atoms with van der Waals surface area (Å²) in [7, 11) is 0. The molecule has 0 aliphatic heterocycles. The minimum absolute atomic E-state index is 0.119. The molecule has 2 heterocycles. The summed E-state index contributed by atoms with van der Waals surface area (Å²) < 4.78 is 27.8. The Hall–Kier alpha value is -1.49. The third-order valence-electron chi connectivity index (χ3n) is 2.85. The second-order valence-electron chi connectivity index (χ2n) is 4.04. The molecule has 0 saturated heterocycles. The molecule has 1 saturated carbocycles. The molecule has 0 bridgehead atoms. The van der Waals surface area contributed by atoms with Gasteiger partial charge in [-0.3, -0.25) is 4.79 Å². The fraction of sp³-hybridized carbons (Fsp3) is 0.273. The van der Waals surface area contributed by atoms with Gasteiger partial charge in [0.2, 0.25) is 0 Å². The van der Waals surface area contributed by atoms with E-state index in [1.807, 2.05) is 0 Å². The predicted octanol–water partition coefficient (Wildman–Crippen LogP) is 2.47. The Balaban J connectivity index is 2.35. The zero-order valence-electron chi connectivity index (χ0n) is 8.53. The first-order valence-electron chi connectivity index (χ1n) is 5.09. The summed E-state index contributed by atoms with van der Waals surface area (Å²) in [6, 6.07) is 1.99. The number of fused-ring (bicyclic) bond motifs is 1. The Morgan fingerprint density at radius 2 is 2.24 bits per heavy atom. The topological polar surface area (TPSA) is 34.9 Å². The van der Waals surface area contributed by atoms with E-state index < -0.39 is 12.0 Å². The molecule has 0 radical (unpaired) electrons. The van der Waals surface area contributed by atoms with E-state index in [-0.39, 0.29) is 27.7 Å². The molecule has 1 fully saturated rings. The van der Waals surface area contributed by atoms with E-state index in [1.165, 1.54) is 16.8 Å². The van der Waals surface area contributed by atoms with Crippen LogP contribution in [-0.2, 0) is 0 Å². The van der Waals surface area contributed by atoms with Crippen LogP contribution < -0.4 is 5.43 Å². The van der Waals surface area contributed by atoms with Crippen LogP contribution in [0.4, 0.5) is 8.78 Å². The van der Waals surface area contributed by atoms with Crippen molar-refractivity contribution in [2.45, 2.75) is 18.6 Å². The molecule has 0 spiro atoms. The van der Waals surface area contributed by atoms with Crippen LogP contribution in [-0.4, -0.2) is 15.7 Å². The second-order valence-corrected chi connectivity index (χ2v) is 4.40. The molecular formula is C11H7ClF2N2O. The van der Waals surface area contributed by atoms with Crippen LogP contribution in [0.3, 0.4) is 0 Å². The number of aromatic nitrogens is 2.